The largest absolute Gasteiger partial charge is 0.490 e. The highest BCUT2D eigenvalue weighted by Gasteiger charge is 2.30. The lowest BCUT2D eigenvalue weighted by atomic mass is 9.97. The van der Waals surface area contributed by atoms with E-state index in [1.165, 1.54) is 20.9 Å². The van der Waals surface area contributed by atoms with Crippen LogP contribution in [-0.4, -0.2) is 81.1 Å². The minimum absolute atomic E-state index is 0.301. The van der Waals surface area contributed by atoms with Crippen LogP contribution in [-0.2, 0) is 6.42 Å². The van der Waals surface area contributed by atoms with Crippen LogP contribution in [0.5, 0.6) is 11.5 Å². The van der Waals surface area contributed by atoms with Crippen LogP contribution in [0.15, 0.2) is 75.6 Å². The first-order chi connectivity index (χ1) is 19.0. The molecule has 206 valence electrons. The molecule has 5 rings (SSSR count). The number of likely N-dealkylation sites (N-methyl/N-ethyl adjacent to an activating group) is 1. The number of benzene rings is 3. The Balaban J connectivity index is 1.25. The van der Waals surface area contributed by atoms with Gasteiger partial charge in [0, 0.05) is 53.6 Å². The molecule has 3 aromatic carbocycles. The fourth-order valence-corrected chi connectivity index (χ4v) is 6.32. The van der Waals surface area contributed by atoms with Crippen molar-refractivity contribution in [3.63, 3.8) is 0 Å². The first kappa shape index (κ1) is 27.8. The van der Waals surface area contributed by atoms with E-state index in [9.17, 15) is 0 Å². The maximum absolute atomic E-state index is 6.47. The molecule has 0 amide bonds. The Morgan fingerprint density at radius 2 is 1.79 bits per heavy atom. The summed E-state index contributed by atoms with van der Waals surface area (Å²) in [6.45, 7) is 7.70. The highest BCUT2D eigenvalue weighted by atomic mass is 35.5. The maximum atomic E-state index is 6.47. The molecular weight excluding hydrogens is 528 g/mol. The molecule has 1 saturated heterocycles. The average molecular weight is 565 g/mol. The van der Waals surface area contributed by atoms with Crippen LogP contribution in [0.2, 0.25) is 5.02 Å². The lowest BCUT2D eigenvalue weighted by Gasteiger charge is -2.38. The Labute approximate surface area is 241 Å². The van der Waals surface area contributed by atoms with Gasteiger partial charge in [0.25, 0.3) is 0 Å². The molecule has 0 aliphatic carbocycles. The smallest absolute Gasteiger partial charge is 0.161 e. The van der Waals surface area contributed by atoms with Crippen molar-refractivity contribution in [1.82, 2.24) is 14.8 Å². The number of fused-ring (bicyclic) bond motifs is 2. The molecule has 6 nitrogen and oxygen atoms in total. The lowest BCUT2D eigenvalue weighted by Crippen LogP contribution is -2.46. The van der Waals surface area contributed by atoms with Crippen LogP contribution in [0.1, 0.15) is 29.7 Å². The van der Waals surface area contributed by atoms with Crippen molar-refractivity contribution < 1.29 is 9.47 Å². The number of halogens is 1. The Morgan fingerprint density at radius 1 is 0.974 bits per heavy atom. The van der Waals surface area contributed by atoms with E-state index in [0.29, 0.717) is 19.3 Å². The summed E-state index contributed by atoms with van der Waals surface area (Å²) < 4.78 is 11.8. The van der Waals surface area contributed by atoms with Gasteiger partial charge < -0.3 is 14.4 Å². The monoisotopic (exact) mass is 564 g/mol. The second-order valence-corrected chi connectivity index (χ2v) is 11.7. The minimum atomic E-state index is 0.301. The van der Waals surface area contributed by atoms with Crippen molar-refractivity contribution in [2.24, 2.45) is 5.10 Å². The molecule has 0 unspecified atom stereocenters. The third kappa shape index (κ3) is 7.09. The molecule has 0 spiro atoms. The van der Waals surface area contributed by atoms with E-state index in [1.807, 2.05) is 63.3 Å². The van der Waals surface area contributed by atoms with Crippen LogP contribution in [0.25, 0.3) is 0 Å². The molecule has 2 heterocycles. The molecule has 1 atom stereocenters. The Hall–Kier alpha value is -2.71. The summed E-state index contributed by atoms with van der Waals surface area (Å²) in [5.74, 6) is 1.53. The van der Waals surface area contributed by atoms with E-state index < -0.39 is 0 Å². The molecule has 0 bridgehead atoms. The first-order valence-corrected chi connectivity index (χ1v) is 14.8. The van der Waals surface area contributed by atoms with Crippen LogP contribution < -0.4 is 9.47 Å². The van der Waals surface area contributed by atoms with Crippen LogP contribution in [0, 0.1) is 0 Å². The summed E-state index contributed by atoms with van der Waals surface area (Å²) in [6, 6.07) is 21.4. The Kier molecular flexibility index (Phi) is 9.35. The number of hydrogen-bond acceptors (Lipinski definition) is 7. The van der Waals surface area contributed by atoms with Gasteiger partial charge in [0.15, 0.2) is 11.5 Å². The number of hydrogen-bond donors (Lipinski definition) is 0. The quantitative estimate of drug-likeness (QED) is 0.293. The Morgan fingerprint density at radius 3 is 2.59 bits per heavy atom. The summed E-state index contributed by atoms with van der Waals surface area (Å²) in [6.07, 6.45) is 2.92. The summed E-state index contributed by atoms with van der Waals surface area (Å²) in [4.78, 5) is 7.33. The van der Waals surface area contributed by atoms with E-state index in [0.717, 1.165) is 61.2 Å². The zero-order valence-electron chi connectivity index (χ0n) is 23.0. The SMILES string of the molecule is CCOc1cc(C=NN2CCN([C@H]3Cc4ccccc4Sc4ccc(Cl)cc43)CC2)ccc1OCCN(C)C. The molecule has 0 radical (unpaired) electrons. The minimum Gasteiger partial charge on any atom is -0.490 e. The second kappa shape index (κ2) is 13.1. The molecule has 39 heavy (non-hydrogen) atoms. The number of piperazine rings is 1. The van der Waals surface area contributed by atoms with Crippen LogP contribution in [0.3, 0.4) is 0 Å². The molecule has 8 heteroatoms. The highest BCUT2D eigenvalue weighted by molar-refractivity contribution is 7.99. The van der Waals surface area contributed by atoms with Gasteiger partial charge in [-0.05, 0) is 86.6 Å². The fraction of sp³-hybridized carbons (Fsp3) is 0.387. The van der Waals surface area contributed by atoms with Crippen LogP contribution >= 0.6 is 23.4 Å². The zero-order chi connectivity index (χ0) is 27.2. The van der Waals surface area contributed by atoms with Crippen molar-refractivity contribution in [1.29, 1.82) is 0 Å². The number of ether oxygens (including phenoxy) is 2. The van der Waals surface area contributed by atoms with Crippen molar-refractivity contribution in [2.45, 2.75) is 29.2 Å². The van der Waals surface area contributed by atoms with E-state index in [-0.39, 0.29) is 0 Å². The topological polar surface area (TPSA) is 40.5 Å². The van der Waals surface area contributed by atoms with E-state index >= 15 is 0 Å². The molecule has 0 N–H and O–H groups in total. The van der Waals surface area contributed by atoms with Gasteiger partial charge in [-0.2, -0.15) is 5.10 Å². The standard InChI is InChI=1S/C31H37ClN4O2S/c1-4-37-29-19-23(9-11-28(29)38-18-17-34(2)3)22-33-36-15-13-35(14-16-36)27-20-24-7-5-6-8-30(24)39-31-12-10-25(32)21-26(27)31/h5-12,19,21-22,27H,4,13-18,20H2,1-3H3/t27-/m0/s1. The maximum Gasteiger partial charge on any atom is 0.161 e. The predicted molar refractivity (Wildman–Crippen MR) is 161 cm³/mol. The van der Waals surface area contributed by atoms with E-state index in [2.05, 4.69) is 51.2 Å². The van der Waals surface area contributed by atoms with Crippen molar-refractivity contribution in [3.8, 4) is 11.5 Å². The number of nitrogens with zero attached hydrogens (tertiary/aromatic N) is 4. The normalized spacial score (nSPS) is 17.7. The summed E-state index contributed by atoms with van der Waals surface area (Å²) in [5.41, 5.74) is 3.73. The Bertz CT molecular complexity index is 1290. The van der Waals surface area contributed by atoms with Gasteiger partial charge in [0.05, 0.1) is 12.8 Å². The molecular formula is C31H37ClN4O2S. The molecule has 0 aromatic heterocycles. The number of rotatable bonds is 9. The van der Waals surface area contributed by atoms with Crippen LogP contribution in [0.4, 0.5) is 0 Å². The van der Waals surface area contributed by atoms with Gasteiger partial charge in [0.1, 0.15) is 6.61 Å². The van der Waals surface area contributed by atoms with E-state index in [4.69, 9.17) is 26.2 Å². The molecule has 3 aromatic rings. The molecule has 2 aliphatic heterocycles. The fourth-order valence-electron chi connectivity index (χ4n) is 5.02. The predicted octanol–water partition coefficient (Wildman–Crippen LogP) is 6.08. The molecule has 1 fully saturated rings. The molecule has 2 aliphatic rings. The highest BCUT2D eigenvalue weighted by Crippen LogP contribution is 2.43. The van der Waals surface area contributed by atoms with Crippen molar-refractivity contribution in [3.05, 3.63) is 82.4 Å². The van der Waals surface area contributed by atoms with Crippen molar-refractivity contribution >= 4 is 29.6 Å². The van der Waals surface area contributed by atoms with Gasteiger partial charge in [-0.1, -0.05) is 41.6 Å². The lowest BCUT2D eigenvalue weighted by molar-refractivity contribution is 0.0970. The van der Waals surface area contributed by atoms with Gasteiger partial charge in [0.2, 0.25) is 0 Å². The summed E-state index contributed by atoms with van der Waals surface area (Å²) >= 11 is 8.33. The summed E-state index contributed by atoms with van der Waals surface area (Å²) in [7, 11) is 4.07. The average Bonchev–Trinajstić information content (AvgIpc) is 3.10. The second-order valence-electron chi connectivity index (χ2n) is 10.1. The van der Waals surface area contributed by atoms with Gasteiger partial charge in [-0.15, -0.1) is 0 Å². The number of hydrazone groups is 1. The summed E-state index contributed by atoms with van der Waals surface area (Å²) in [5, 5.41) is 7.78. The van der Waals surface area contributed by atoms with Gasteiger partial charge in [-0.3, -0.25) is 9.91 Å². The third-order valence-corrected chi connectivity index (χ3v) is 8.55. The van der Waals surface area contributed by atoms with Gasteiger partial charge in [-0.25, -0.2) is 0 Å². The van der Waals surface area contributed by atoms with Crippen molar-refractivity contribution in [2.75, 3.05) is 60.0 Å². The molecule has 0 saturated carbocycles. The van der Waals surface area contributed by atoms with Gasteiger partial charge >= 0.3 is 0 Å². The zero-order valence-corrected chi connectivity index (χ0v) is 24.5. The third-order valence-electron chi connectivity index (χ3n) is 7.10. The van der Waals surface area contributed by atoms with E-state index in [1.54, 1.807) is 0 Å². The first-order valence-electron chi connectivity index (χ1n) is 13.6.